The molecule has 0 aliphatic carbocycles. The van der Waals surface area contributed by atoms with E-state index in [-0.39, 0.29) is 0 Å². The van der Waals surface area contributed by atoms with Gasteiger partial charge in [0.25, 0.3) is 0 Å². The lowest BCUT2D eigenvalue weighted by molar-refractivity contribution is 0.340. The van der Waals surface area contributed by atoms with Gasteiger partial charge in [-0.1, -0.05) is 43.5 Å². The number of aromatic nitrogens is 3. The molecule has 122 valence electrons. The van der Waals surface area contributed by atoms with Crippen LogP contribution in [0.1, 0.15) is 56.5 Å². The van der Waals surface area contributed by atoms with Crippen LogP contribution in [0.2, 0.25) is 0 Å². The van der Waals surface area contributed by atoms with Gasteiger partial charge in [-0.15, -0.1) is 5.10 Å². The molecule has 2 aromatic rings. The van der Waals surface area contributed by atoms with E-state index < -0.39 is 0 Å². The minimum Gasteiger partial charge on any atom is -0.494 e. The van der Waals surface area contributed by atoms with Crippen LogP contribution >= 0.6 is 0 Å². The lowest BCUT2D eigenvalue weighted by Crippen LogP contribution is -2.07. The first kappa shape index (κ1) is 17.0. The molecule has 1 aromatic carbocycles. The van der Waals surface area contributed by atoms with Crippen LogP contribution in [-0.2, 0) is 13.0 Å². The van der Waals surface area contributed by atoms with Crippen LogP contribution in [0.3, 0.4) is 0 Å². The van der Waals surface area contributed by atoms with Gasteiger partial charge in [-0.05, 0) is 31.0 Å². The quantitative estimate of drug-likeness (QED) is 0.662. The van der Waals surface area contributed by atoms with Crippen molar-refractivity contribution in [1.82, 2.24) is 15.0 Å². The molecule has 0 spiro atoms. The SMILES string of the molecule is CCCCCCn1nnc(C#N)c1Cc1ccc(OCC)cc1. The zero-order chi connectivity index (χ0) is 16.5. The molecule has 0 N–H and O–H groups in total. The maximum absolute atomic E-state index is 9.25. The summed E-state index contributed by atoms with van der Waals surface area (Å²) in [7, 11) is 0. The fourth-order valence-corrected chi connectivity index (χ4v) is 2.53. The number of nitrogens with zero attached hydrogens (tertiary/aromatic N) is 4. The van der Waals surface area contributed by atoms with Crippen molar-refractivity contribution in [2.75, 3.05) is 6.61 Å². The standard InChI is InChI=1S/C18H24N4O/c1-3-5-6-7-12-22-18(17(14-19)20-21-22)13-15-8-10-16(11-9-15)23-4-2/h8-11H,3-7,12-13H2,1-2H3. The lowest BCUT2D eigenvalue weighted by atomic mass is 10.1. The van der Waals surface area contributed by atoms with Gasteiger partial charge in [0.2, 0.25) is 0 Å². The minimum absolute atomic E-state index is 0.425. The van der Waals surface area contributed by atoms with Crippen LogP contribution in [0.15, 0.2) is 24.3 Å². The maximum Gasteiger partial charge on any atom is 0.186 e. The van der Waals surface area contributed by atoms with Crippen LogP contribution in [0.4, 0.5) is 0 Å². The van der Waals surface area contributed by atoms with E-state index in [1.807, 2.05) is 35.9 Å². The topological polar surface area (TPSA) is 63.7 Å². The van der Waals surface area contributed by atoms with Gasteiger partial charge in [0.05, 0.1) is 12.3 Å². The Bertz CT molecular complexity index is 640. The molecular weight excluding hydrogens is 288 g/mol. The van der Waals surface area contributed by atoms with Gasteiger partial charge in [-0.25, -0.2) is 4.68 Å². The molecule has 2 rings (SSSR count). The van der Waals surface area contributed by atoms with Gasteiger partial charge in [-0.2, -0.15) is 5.26 Å². The monoisotopic (exact) mass is 312 g/mol. The van der Waals surface area contributed by atoms with Crippen LogP contribution in [0.5, 0.6) is 5.75 Å². The molecule has 0 radical (unpaired) electrons. The highest BCUT2D eigenvalue weighted by molar-refractivity contribution is 5.33. The Morgan fingerprint density at radius 3 is 2.57 bits per heavy atom. The second kappa shape index (κ2) is 8.94. The highest BCUT2D eigenvalue weighted by Gasteiger charge is 2.13. The number of nitriles is 1. The third-order valence-electron chi connectivity index (χ3n) is 3.77. The summed E-state index contributed by atoms with van der Waals surface area (Å²) in [6, 6.07) is 10.1. The van der Waals surface area contributed by atoms with Crippen molar-refractivity contribution in [2.24, 2.45) is 0 Å². The molecular formula is C18H24N4O. The Balaban J connectivity index is 2.08. The normalized spacial score (nSPS) is 10.5. The van der Waals surface area contributed by atoms with E-state index in [1.54, 1.807) is 0 Å². The molecule has 1 heterocycles. The average molecular weight is 312 g/mol. The largest absolute Gasteiger partial charge is 0.494 e. The smallest absolute Gasteiger partial charge is 0.186 e. The van der Waals surface area contributed by atoms with Crippen molar-refractivity contribution in [3.05, 3.63) is 41.2 Å². The van der Waals surface area contributed by atoms with Crippen molar-refractivity contribution in [3.63, 3.8) is 0 Å². The van der Waals surface area contributed by atoms with Gasteiger partial charge in [0.1, 0.15) is 11.8 Å². The first-order valence-electron chi connectivity index (χ1n) is 8.32. The summed E-state index contributed by atoms with van der Waals surface area (Å²) in [6.45, 7) is 5.64. The maximum atomic E-state index is 9.25. The number of aryl methyl sites for hydroxylation is 1. The number of hydrogen-bond acceptors (Lipinski definition) is 4. The first-order valence-corrected chi connectivity index (χ1v) is 8.32. The molecule has 5 nitrogen and oxygen atoms in total. The van der Waals surface area contributed by atoms with Crippen molar-refractivity contribution >= 4 is 0 Å². The summed E-state index contributed by atoms with van der Waals surface area (Å²) in [5.41, 5.74) is 2.45. The van der Waals surface area contributed by atoms with Crippen LogP contribution in [-0.4, -0.2) is 21.6 Å². The molecule has 5 heteroatoms. The Hall–Kier alpha value is -2.35. The fourth-order valence-electron chi connectivity index (χ4n) is 2.53. The summed E-state index contributed by atoms with van der Waals surface area (Å²) < 4.78 is 7.34. The molecule has 0 unspecified atom stereocenters. The number of ether oxygens (including phenoxy) is 1. The Morgan fingerprint density at radius 1 is 1.13 bits per heavy atom. The van der Waals surface area contributed by atoms with Gasteiger partial charge in [0, 0.05) is 13.0 Å². The summed E-state index contributed by atoms with van der Waals surface area (Å²) in [6.07, 6.45) is 5.35. The molecule has 0 saturated carbocycles. The second-order valence-electron chi connectivity index (χ2n) is 5.53. The molecule has 0 bridgehead atoms. The van der Waals surface area contributed by atoms with Crippen molar-refractivity contribution < 1.29 is 4.74 Å². The minimum atomic E-state index is 0.425. The number of rotatable bonds is 9. The van der Waals surface area contributed by atoms with E-state index in [0.717, 1.165) is 30.0 Å². The molecule has 0 fully saturated rings. The summed E-state index contributed by atoms with van der Waals surface area (Å²) >= 11 is 0. The van der Waals surface area contributed by atoms with E-state index in [4.69, 9.17) is 4.74 Å². The van der Waals surface area contributed by atoms with E-state index in [1.165, 1.54) is 19.3 Å². The van der Waals surface area contributed by atoms with Crippen LogP contribution in [0, 0.1) is 11.3 Å². The molecule has 0 saturated heterocycles. The van der Waals surface area contributed by atoms with Gasteiger partial charge < -0.3 is 4.74 Å². The van der Waals surface area contributed by atoms with Crippen LogP contribution < -0.4 is 4.74 Å². The third-order valence-corrected chi connectivity index (χ3v) is 3.77. The Kier molecular flexibility index (Phi) is 6.61. The van der Waals surface area contributed by atoms with Gasteiger partial charge in [0.15, 0.2) is 5.69 Å². The number of unbranched alkanes of at least 4 members (excludes halogenated alkanes) is 3. The molecule has 23 heavy (non-hydrogen) atoms. The molecule has 0 amide bonds. The summed E-state index contributed by atoms with van der Waals surface area (Å²) in [4.78, 5) is 0. The zero-order valence-corrected chi connectivity index (χ0v) is 14.0. The van der Waals surface area contributed by atoms with E-state index in [9.17, 15) is 5.26 Å². The number of hydrogen-bond donors (Lipinski definition) is 0. The predicted molar refractivity (Wildman–Crippen MR) is 89.3 cm³/mol. The van der Waals surface area contributed by atoms with Crippen molar-refractivity contribution in [2.45, 2.75) is 52.5 Å². The van der Waals surface area contributed by atoms with Crippen molar-refractivity contribution in [3.8, 4) is 11.8 Å². The first-order chi connectivity index (χ1) is 11.3. The van der Waals surface area contributed by atoms with E-state index >= 15 is 0 Å². The highest BCUT2D eigenvalue weighted by atomic mass is 16.5. The predicted octanol–water partition coefficient (Wildman–Crippen LogP) is 3.72. The molecule has 0 aliphatic rings. The number of benzene rings is 1. The second-order valence-corrected chi connectivity index (χ2v) is 5.53. The molecule has 1 aromatic heterocycles. The molecule has 0 atom stereocenters. The lowest BCUT2D eigenvalue weighted by Gasteiger charge is -2.08. The summed E-state index contributed by atoms with van der Waals surface area (Å²) in [5.74, 6) is 0.864. The average Bonchev–Trinajstić information content (AvgIpc) is 2.95. The van der Waals surface area contributed by atoms with Gasteiger partial charge >= 0.3 is 0 Å². The highest BCUT2D eigenvalue weighted by Crippen LogP contribution is 2.17. The van der Waals surface area contributed by atoms with E-state index in [2.05, 4.69) is 23.3 Å². The van der Waals surface area contributed by atoms with E-state index in [0.29, 0.717) is 18.7 Å². The summed E-state index contributed by atoms with van der Waals surface area (Å²) in [5, 5.41) is 17.4. The Labute approximate surface area is 137 Å². The Morgan fingerprint density at radius 2 is 1.91 bits per heavy atom. The zero-order valence-electron chi connectivity index (χ0n) is 14.0. The van der Waals surface area contributed by atoms with Gasteiger partial charge in [-0.3, -0.25) is 0 Å². The fraction of sp³-hybridized carbons (Fsp3) is 0.500. The van der Waals surface area contributed by atoms with Crippen LogP contribution in [0.25, 0.3) is 0 Å². The molecule has 0 aliphatic heterocycles. The van der Waals surface area contributed by atoms with Crippen molar-refractivity contribution in [1.29, 1.82) is 5.26 Å². The third kappa shape index (κ3) is 4.82.